The lowest BCUT2D eigenvalue weighted by molar-refractivity contribution is 0.0978. The van der Waals surface area contributed by atoms with Gasteiger partial charge < -0.3 is 4.74 Å². The molecular weight excluding hydrogens is 486 g/mol. The first kappa shape index (κ1) is 26.0. The van der Waals surface area contributed by atoms with E-state index in [4.69, 9.17) is 4.74 Å². The molecule has 0 radical (unpaired) electrons. The fourth-order valence-corrected chi connectivity index (χ4v) is 4.98. The van der Waals surface area contributed by atoms with Crippen molar-refractivity contribution in [2.24, 2.45) is 0 Å². The average Bonchev–Trinajstić information content (AvgIpc) is 2.86. The molecule has 37 heavy (non-hydrogen) atoms. The van der Waals surface area contributed by atoms with Crippen molar-refractivity contribution in [2.75, 3.05) is 0 Å². The number of benzene rings is 2. The number of hydrogen-bond acceptors (Lipinski definition) is 6. The summed E-state index contributed by atoms with van der Waals surface area (Å²) in [7, 11) is -4.19. The highest BCUT2D eigenvalue weighted by atomic mass is 32.2. The van der Waals surface area contributed by atoms with Gasteiger partial charge in [-0.2, -0.15) is 8.42 Å². The molecular formula is C29H29N3O4S. The summed E-state index contributed by atoms with van der Waals surface area (Å²) < 4.78 is 33.8. The van der Waals surface area contributed by atoms with E-state index >= 15 is 0 Å². The molecule has 1 amide bonds. The van der Waals surface area contributed by atoms with Crippen LogP contribution < -0.4 is 9.46 Å². The van der Waals surface area contributed by atoms with E-state index in [2.05, 4.69) is 34.6 Å². The van der Waals surface area contributed by atoms with Crippen LogP contribution in [0.2, 0.25) is 0 Å². The Morgan fingerprint density at radius 2 is 1.65 bits per heavy atom. The SMILES string of the molecule is Cc1cc(C)c(Oc2nc(-c3cccc(C(C)C)c3)ccc2C(=O)NS(=O)(=O)c2ccccn2)c(C)c1. The molecule has 0 aliphatic rings. The van der Waals surface area contributed by atoms with Crippen molar-refractivity contribution in [3.63, 3.8) is 0 Å². The van der Waals surface area contributed by atoms with Crippen LogP contribution in [-0.4, -0.2) is 24.3 Å². The fraction of sp³-hybridized carbons (Fsp3) is 0.207. The Balaban J connectivity index is 1.79. The van der Waals surface area contributed by atoms with E-state index in [1.54, 1.807) is 12.1 Å². The normalized spacial score (nSPS) is 11.4. The first-order valence-electron chi connectivity index (χ1n) is 11.9. The van der Waals surface area contributed by atoms with Crippen molar-refractivity contribution in [3.8, 4) is 22.9 Å². The second kappa shape index (κ2) is 10.5. The van der Waals surface area contributed by atoms with Crippen LogP contribution in [0, 0.1) is 20.8 Å². The Bertz CT molecular complexity index is 1540. The molecule has 0 saturated heterocycles. The van der Waals surface area contributed by atoms with E-state index in [9.17, 15) is 13.2 Å². The average molecular weight is 516 g/mol. The maximum Gasteiger partial charge on any atom is 0.281 e. The van der Waals surface area contributed by atoms with Gasteiger partial charge in [0.2, 0.25) is 5.88 Å². The van der Waals surface area contributed by atoms with Crippen molar-refractivity contribution in [3.05, 3.63) is 101 Å². The Morgan fingerprint density at radius 3 is 2.30 bits per heavy atom. The van der Waals surface area contributed by atoms with Crippen molar-refractivity contribution in [2.45, 2.75) is 45.6 Å². The van der Waals surface area contributed by atoms with Crippen molar-refractivity contribution in [1.82, 2.24) is 14.7 Å². The van der Waals surface area contributed by atoms with Crippen molar-refractivity contribution in [1.29, 1.82) is 0 Å². The third kappa shape index (κ3) is 5.86. The van der Waals surface area contributed by atoms with E-state index in [-0.39, 0.29) is 16.5 Å². The number of hydrogen-bond donors (Lipinski definition) is 1. The second-order valence-corrected chi connectivity index (χ2v) is 10.9. The van der Waals surface area contributed by atoms with Gasteiger partial charge in [0.15, 0.2) is 5.03 Å². The molecule has 4 aromatic rings. The molecule has 0 aliphatic heterocycles. The quantitative estimate of drug-likeness (QED) is 0.319. The molecule has 4 rings (SSSR count). The van der Waals surface area contributed by atoms with E-state index < -0.39 is 15.9 Å². The molecule has 2 aromatic carbocycles. The molecule has 0 fully saturated rings. The third-order valence-electron chi connectivity index (χ3n) is 5.90. The van der Waals surface area contributed by atoms with Gasteiger partial charge in [0, 0.05) is 11.8 Å². The third-order valence-corrected chi connectivity index (χ3v) is 7.14. The molecule has 0 unspecified atom stereocenters. The lowest BCUT2D eigenvalue weighted by Crippen LogP contribution is -2.31. The highest BCUT2D eigenvalue weighted by Crippen LogP contribution is 2.33. The van der Waals surface area contributed by atoms with Crippen LogP contribution in [0.3, 0.4) is 0 Å². The molecule has 8 heteroatoms. The van der Waals surface area contributed by atoms with Gasteiger partial charge in [-0.05, 0) is 73.7 Å². The maximum absolute atomic E-state index is 13.2. The summed E-state index contributed by atoms with van der Waals surface area (Å²) in [5.74, 6) is 0.0393. The summed E-state index contributed by atoms with van der Waals surface area (Å²) in [4.78, 5) is 21.7. The number of nitrogens with zero attached hydrogens (tertiary/aromatic N) is 2. The topological polar surface area (TPSA) is 98.2 Å². The number of aromatic nitrogens is 2. The minimum atomic E-state index is -4.19. The number of nitrogens with one attached hydrogen (secondary N) is 1. The van der Waals surface area contributed by atoms with Gasteiger partial charge in [-0.3, -0.25) is 4.79 Å². The Labute approximate surface area is 217 Å². The van der Waals surface area contributed by atoms with Crippen LogP contribution in [0.15, 0.2) is 78.0 Å². The van der Waals surface area contributed by atoms with Crippen LogP contribution in [0.25, 0.3) is 11.3 Å². The molecule has 0 aliphatic carbocycles. The lowest BCUT2D eigenvalue weighted by Gasteiger charge is -2.16. The van der Waals surface area contributed by atoms with Crippen LogP contribution in [0.1, 0.15) is 52.4 Å². The minimum Gasteiger partial charge on any atom is -0.438 e. The molecule has 2 aromatic heterocycles. The zero-order chi connectivity index (χ0) is 26.7. The maximum atomic E-state index is 13.2. The summed E-state index contributed by atoms with van der Waals surface area (Å²) in [6.07, 6.45) is 1.35. The molecule has 1 N–H and O–H groups in total. The molecule has 0 bridgehead atoms. The number of ether oxygens (including phenoxy) is 1. The number of aryl methyl sites for hydroxylation is 3. The van der Waals surface area contributed by atoms with E-state index in [1.165, 1.54) is 24.4 Å². The minimum absolute atomic E-state index is 0.0104. The number of sulfonamides is 1. The molecule has 0 spiro atoms. The Morgan fingerprint density at radius 1 is 0.919 bits per heavy atom. The Kier molecular flexibility index (Phi) is 7.40. The predicted octanol–water partition coefficient (Wildman–Crippen LogP) is 6.10. The van der Waals surface area contributed by atoms with Crippen molar-refractivity contribution >= 4 is 15.9 Å². The smallest absolute Gasteiger partial charge is 0.281 e. The predicted molar refractivity (Wildman–Crippen MR) is 143 cm³/mol. The lowest BCUT2D eigenvalue weighted by atomic mass is 9.99. The zero-order valence-electron chi connectivity index (χ0n) is 21.4. The fourth-order valence-electron chi connectivity index (χ4n) is 4.07. The van der Waals surface area contributed by atoms with Gasteiger partial charge in [0.1, 0.15) is 11.3 Å². The summed E-state index contributed by atoms with van der Waals surface area (Å²) in [6.45, 7) is 10.0. The van der Waals surface area contributed by atoms with Crippen molar-refractivity contribution < 1.29 is 17.9 Å². The first-order valence-corrected chi connectivity index (χ1v) is 13.4. The number of amides is 1. The zero-order valence-corrected chi connectivity index (χ0v) is 22.3. The molecule has 7 nitrogen and oxygen atoms in total. The van der Waals surface area contributed by atoms with Gasteiger partial charge in [-0.1, -0.05) is 55.8 Å². The second-order valence-electron chi connectivity index (χ2n) is 9.26. The number of pyridine rings is 2. The van der Waals surface area contributed by atoms with Crippen LogP contribution in [0.5, 0.6) is 11.6 Å². The van der Waals surface area contributed by atoms with E-state index in [0.29, 0.717) is 17.4 Å². The monoisotopic (exact) mass is 515 g/mol. The summed E-state index contributed by atoms with van der Waals surface area (Å²) in [5, 5.41) is -0.258. The number of carbonyl (C=O) groups excluding carboxylic acids is 1. The highest BCUT2D eigenvalue weighted by molar-refractivity contribution is 7.90. The Hall–Kier alpha value is -4.04. The van der Waals surface area contributed by atoms with Crippen LogP contribution >= 0.6 is 0 Å². The summed E-state index contributed by atoms with van der Waals surface area (Å²) >= 11 is 0. The molecule has 190 valence electrons. The van der Waals surface area contributed by atoms with Crippen LogP contribution in [-0.2, 0) is 10.0 Å². The highest BCUT2D eigenvalue weighted by Gasteiger charge is 2.24. The molecule has 2 heterocycles. The summed E-state index contributed by atoms with van der Waals surface area (Å²) in [5.41, 5.74) is 5.43. The molecule has 0 saturated carbocycles. The standard InChI is InChI=1S/C29H29N3O4S/c1-18(2)22-9-8-10-23(17-22)25-13-12-24(28(33)32-37(34,35)26-11-6-7-14-30-26)29(31-25)36-27-20(4)15-19(3)16-21(27)5/h6-18H,1-5H3,(H,32,33). The number of rotatable bonds is 7. The largest absolute Gasteiger partial charge is 0.438 e. The van der Waals surface area contributed by atoms with Crippen LogP contribution in [0.4, 0.5) is 0 Å². The van der Waals surface area contributed by atoms with Gasteiger partial charge in [-0.15, -0.1) is 0 Å². The van der Waals surface area contributed by atoms with E-state index in [1.807, 2.05) is 51.1 Å². The molecule has 0 atom stereocenters. The van der Waals surface area contributed by atoms with Gasteiger partial charge >= 0.3 is 0 Å². The van der Waals surface area contributed by atoms with E-state index in [0.717, 1.165) is 27.8 Å². The van der Waals surface area contributed by atoms with Gasteiger partial charge in [0.25, 0.3) is 15.9 Å². The first-order chi connectivity index (χ1) is 17.5. The number of carbonyl (C=O) groups is 1. The van der Waals surface area contributed by atoms with Gasteiger partial charge in [-0.25, -0.2) is 14.7 Å². The summed E-state index contributed by atoms with van der Waals surface area (Å²) in [6, 6.07) is 19.6. The van der Waals surface area contributed by atoms with Gasteiger partial charge in [0.05, 0.1) is 5.69 Å².